The number of anilines is 1. The molecule has 0 fully saturated rings. The number of aryl methyl sites for hydroxylation is 1. The van der Waals surface area contributed by atoms with Crippen molar-refractivity contribution in [1.82, 2.24) is 29.4 Å². The number of aromatic nitrogens is 6. The van der Waals surface area contributed by atoms with Gasteiger partial charge in [0.25, 0.3) is 0 Å². The lowest BCUT2D eigenvalue weighted by Gasteiger charge is -2.22. The van der Waals surface area contributed by atoms with E-state index in [2.05, 4.69) is 25.1 Å². The van der Waals surface area contributed by atoms with Gasteiger partial charge in [-0.1, -0.05) is 0 Å². The number of rotatable bonds is 5. The number of hydrogen-bond donors (Lipinski definition) is 1. The van der Waals surface area contributed by atoms with Crippen LogP contribution >= 0.6 is 0 Å². The second-order valence-corrected chi connectivity index (χ2v) is 5.92. The minimum absolute atomic E-state index is 0.0770. The van der Waals surface area contributed by atoms with Gasteiger partial charge in [-0.25, -0.2) is 24.0 Å². The molecule has 0 aliphatic rings. The number of pyridine rings is 1. The molecular weight excluding hydrogens is 334 g/mol. The maximum absolute atomic E-state index is 11.6. The van der Waals surface area contributed by atoms with Crippen molar-refractivity contribution in [3.8, 4) is 0 Å². The quantitative estimate of drug-likeness (QED) is 0.587. The van der Waals surface area contributed by atoms with Crippen LogP contribution in [0.25, 0.3) is 27.6 Å². The third kappa shape index (κ3) is 2.13. The van der Waals surface area contributed by atoms with Crippen molar-refractivity contribution in [1.29, 1.82) is 0 Å². The van der Waals surface area contributed by atoms with E-state index in [0.29, 0.717) is 18.0 Å². The Morgan fingerprint density at radius 1 is 1.08 bits per heavy atom. The van der Waals surface area contributed by atoms with Crippen LogP contribution in [0, 0.1) is 0 Å². The minimum Gasteiger partial charge on any atom is -0.477 e. The zero-order valence-electron chi connectivity index (χ0n) is 14.8. The molecule has 0 bridgehead atoms. The van der Waals surface area contributed by atoms with Crippen LogP contribution < -0.4 is 4.90 Å². The summed E-state index contributed by atoms with van der Waals surface area (Å²) in [7, 11) is 0. The van der Waals surface area contributed by atoms with Crippen molar-refractivity contribution < 1.29 is 9.90 Å². The van der Waals surface area contributed by atoms with E-state index in [1.165, 1.54) is 6.20 Å². The highest BCUT2D eigenvalue weighted by molar-refractivity contribution is 6.08. The Kier molecular flexibility index (Phi) is 3.71. The summed E-state index contributed by atoms with van der Waals surface area (Å²) in [4.78, 5) is 22.9. The third-order valence-electron chi connectivity index (χ3n) is 4.64. The zero-order valence-corrected chi connectivity index (χ0v) is 14.8. The van der Waals surface area contributed by atoms with E-state index < -0.39 is 5.97 Å². The van der Waals surface area contributed by atoms with E-state index in [4.69, 9.17) is 0 Å². The predicted octanol–water partition coefficient (Wildman–Crippen LogP) is 2.19. The van der Waals surface area contributed by atoms with Crippen LogP contribution in [0.2, 0.25) is 0 Å². The van der Waals surface area contributed by atoms with E-state index in [-0.39, 0.29) is 5.56 Å². The molecule has 0 aliphatic heterocycles. The zero-order chi connectivity index (χ0) is 18.4. The van der Waals surface area contributed by atoms with Crippen LogP contribution in [-0.2, 0) is 6.54 Å². The second kappa shape index (κ2) is 5.94. The van der Waals surface area contributed by atoms with Gasteiger partial charge >= 0.3 is 5.97 Å². The fourth-order valence-electron chi connectivity index (χ4n) is 3.33. The third-order valence-corrected chi connectivity index (χ3v) is 4.64. The van der Waals surface area contributed by atoms with Gasteiger partial charge in [0.15, 0.2) is 11.3 Å². The Hall–Kier alpha value is -3.23. The molecule has 0 saturated carbocycles. The van der Waals surface area contributed by atoms with Crippen LogP contribution in [0.5, 0.6) is 0 Å². The van der Waals surface area contributed by atoms with Gasteiger partial charge in [0.05, 0.1) is 28.7 Å². The summed E-state index contributed by atoms with van der Waals surface area (Å²) in [6.45, 7) is 8.26. The molecular formula is C17H19N7O2. The highest BCUT2D eigenvalue weighted by Gasteiger charge is 2.22. The summed E-state index contributed by atoms with van der Waals surface area (Å²) in [5, 5.41) is 19.8. The number of carboxylic acids is 1. The molecule has 0 aliphatic carbocycles. The first-order valence-electron chi connectivity index (χ1n) is 8.60. The monoisotopic (exact) mass is 353 g/mol. The predicted molar refractivity (Wildman–Crippen MR) is 97.8 cm³/mol. The summed E-state index contributed by atoms with van der Waals surface area (Å²) in [5.41, 5.74) is 1.91. The molecule has 4 heterocycles. The number of fused-ring (bicyclic) bond motifs is 5. The first-order chi connectivity index (χ1) is 12.6. The molecule has 0 radical (unpaired) electrons. The van der Waals surface area contributed by atoms with Gasteiger partial charge in [0.2, 0.25) is 0 Å². The van der Waals surface area contributed by atoms with Crippen molar-refractivity contribution >= 4 is 39.4 Å². The Morgan fingerprint density at radius 3 is 2.50 bits per heavy atom. The first-order valence-corrected chi connectivity index (χ1v) is 8.60. The summed E-state index contributed by atoms with van der Waals surface area (Å²) in [6, 6.07) is 0. The number of carbonyl (C=O) groups is 1. The van der Waals surface area contributed by atoms with Crippen molar-refractivity contribution in [2.45, 2.75) is 27.3 Å². The Bertz CT molecular complexity index is 1140. The summed E-state index contributed by atoms with van der Waals surface area (Å²) in [5.74, 6) is -0.342. The van der Waals surface area contributed by atoms with Gasteiger partial charge in [-0.15, -0.1) is 0 Å². The maximum atomic E-state index is 11.6. The fraction of sp³-hybridized carbons (Fsp3) is 0.353. The molecule has 0 amide bonds. The van der Waals surface area contributed by atoms with Crippen molar-refractivity contribution in [2.75, 3.05) is 18.0 Å². The Morgan fingerprint density at radius 2 is 1.85 bits per heavy atom. The Labute approximate surface area is 148 Å². The van der Waals surface area contributed by atoms with Crippen LogP contribution in [0.15, 0.2) is 18.6 Å². The minimum atomic E-state index is -1.05. The van der Waals surface area contributed by atoms with Gasteiger partial charge in [-0.3, -0.25) is 0 Å². The number of aromatic carboxylic acids is 1. The molecule has 4 rings (SSSR count). The SMILES string of the molecule is CCN(CC)c1nc2c(C(=O)O)cnn2c2c1cnc1c2cnn1CC. The van der Waals surface area contributed by atoms with Gasteiger partial charge in [-0.05, 0) is 20.8 Å². The highest BCUT2D eigenvalue weighted by atomic mass is 16.4. The van der Waals surface area contributed by atoms with E-state index in [1.54, 1.807) is 21.6 Å². The van der Waals surface area contributed by atoms with E-state index in [1.807, 2.05) is 20.8 Å². The lowest BCUT2D eigenvalue weighted by molar-refractivity contribution is 0.0699. The molecule has 9 heteroatoms. The average molecular weight is 353 g/mol. The first kappa shape index (κ1) is 16.2. The number of carboxylic acid groups (broad SMARTS) is 1. The van der Waals surface area contributed by atoms with Gasteiger partial charge in [0, 0.05) is 25.8 Å². The van der Waals surface area contributed by atoms with E-state index >= 15 is 0 Å². The molecule has 134 valence electrons. The van der Waals surface area contributed by atoms with Gasteiger partial charge in [-0.2, -0.15) is 10.2 Å². The number of nitrogens with zero attached hydrogens (tertiary/aromatic N) is 7. The van der Waals surface area contributed by atoms with Crippen LogP contribution in [-0.4, -0.2) is 53.5 Å². The molecule has 0 aromatic carbocycles. The maximum Gasteiger partial charge on any atom is 0.341 e. The topological polar surface area (TPSA) is 101 Å². The molecule has 0 atom stereocenters. The molecule has 0 spiro atoms. The Balaban J connectivity index is 2.22. The van der Waals surface area contributed by atoms with Crippen LogP contribution in [0.1, 0.15) is 31.1 Å². The van der Waals surface area contributed by atoms with E-state index in [9.17, 15) is 9.90 Å². The molecule has 4 aromatic rings. The largest absolute Gasteiger partial charge is 0.477 e. The number of hydrogen-bond acceptors (Lipinski definition) is 6. The standard InChI is InChI=1S/C17H19N7O2/c1-4-22(5-2)15-10-7-18-14-11(8-19-23(14)6-3)13(10)24-16(21-15)12(9-20-24)17(25)26/h7-9H,4-6H2,1-3H3,(H,25,26). The molecule has 26 heavy (non-hydrogen) atoms. The van der Waals surface area contributed by atoms with Crippen LogP contribution in [0.3, 0.4) is 0 Å². The molecule has 0 saturated heterocycles. The lowest BCUT2D eigenvalue weighted by atomic mass is 10.2. The highest BCUT2D eigenvalue weighted by Crippen LogP contribution is 2.31. The summed E-state index contributed by atoms with van der Waals surface area (Å²) >= 11 is 0. The fourth-order valence-corrected chi connectivity index (χ4v) is 3.33. The summed E-state index contributed by atoms with van der Waals surface area (Å²) < 4.78 is 3.39. The van der Waals surface area contributed by atoms with Gasteiger partial charge in [0.1, 0.15) is 11.4 Å². The van der Waals surface area contributed by atoms with Gasteiger partial charge < -0.3 is 10.0 Å². The summed E-state index contributed by atoms with van der Waals surface area (Å²) in [6.07, 6.45) is 4.86. The normalized spacial score (nSPS) is 11.7. The molecule has 0 unspecified atom stereocenters. The second-order valence-electron chi connectivity index (χ2n) is 5.92. The van der Waals surface area contributed by atoms with Crippen molar-refractivity contribution in [3.05, 3.63) is 24.2 Å². The molecule has 9 nitrogen and oxygen atoms in total. The van der Waals surface area contributed by atoms with Crippen LogP contribution in [0.4, 0.5) is 5.82 Å². The lowest BCUT2D eigenvalue weighted by Crippen LogP contribution is -2.24. The molecule has 4 aromatic heterocycles. The van der Waals surface area contributed by atoms with Crippen molar-refractivity contribution in [3.63, 3.8) is 0 Å². The average Bonchev–Trinajstić information content (AvgIpc) is 3.26. The molecule has 1 N–H and O–H groups in total. The smallest absolute Gasteiger partial charge is 0.341 e. The van der Waals surface area contributed by atoms with Crippen molar-refractivity contribution in [2.24, 2.45) is 0 Å². The van der Waals surface area contributed by atoms with E-state index in [0.717, 1.165) is 35.0 Å².